The third-order valence-corrected chi connectivity index (χ3v) is 10.6. The summed E-state index contributed by atoms with van der Waals surface area (Å²) in [7, 11) is 0. The van der Waals surface area contributed by atoms with Crippen LogP contribution < -0.4 is 0 Å². The minimum atomic E-state index is -1.24. The number of carboxylic acid groups (broad SMARTS) is 1. The summed E-state index contributed by atoms with van der Waals surface area (Å²) in [4.78, 5) is 28.7. The van der Waals surface area contributed by atoms with Gasteiger partial charge in [-0.3, -0.25) is 9.69 Å². The lowest BCUT2D eigenvalue weighted by molar-refractivity contribution is -0.235. The number of aliphatic carboxylic acids is 1. The number of ether oxygens (including phenoxy) is 2. The highest BCUT2D eigenvalue weighted by molar-refractivity contribution is 5.90. The Hall–Kier alpha value is -1.57. The highest BCUT2D eigenvalue weighted by atomic mass is 19.1. The van der Waals surface area contributed by atoms with Gasteiger partial charge in [0.2, 0.25) is 0 Å². The van der Waals surface area contributed by atoms with Crippen LogP contribution in [0.15, 0.2) is 23.8 Å². The molecule has 36 heavy (non-hydrogen) atoms. The van der Waals surface area contributed by atoms with E-state index in [0.717, 1.165) is 31.1 Å². The van der Waals surface area contributed by atoms with Crippen LogP contribution >= 0.6 is 0 Å². The van der Waals surface area contributed by atoms with Crippen LogP contribution in [0.3, 0.4) is 0 Å². The molecule has 4 bridgehead atoms. The molecule has 4 fully saturated rings. The summed E-state index contributed by atoms with van der Waals surface area (Å²) in [5.41, 5.74) is -1.36. The molecule has 1 aliphatic heterocycles. The maximum absolute atomic E-state index is 13.5. The van der Waals surface area contributed by atoms with E-state index in [4.69, 9.17) is 9.47 Å². The summed E-state index contributed by atoms with van der Waals surface area (Å²) in [5, 5.41) is 11.1. The molecular weight excluding hydrogens is 461 g/mol. The van der Waals surface area contributed by atoms with Crippen molar-refractivity contribution in [3.63, 3.8) is 0 Å². The Kier molecular flexibility index (Phi) is 6.53. The SMILES string of the molecule is C=C(CF)CN1C[C@H](OC[C@@]23C[C@@H]4[C@H](C)CC[C@H]4[C@]4(C=O)C[C@@H]2C=C(C(C)C)[C@@]34C(=O)O)O[C@H](C)C1. The van der Waals surface area contributed by atoms with Gasteiger partial charge in [-0.05, 0) is 61.3 Å². The number of hydrogen-bond acceptors (Lipinski definition) is 5. The van der Waals surface area contributed by atoms with Crippen molar-refractivity contribution in [1.82, 2.24) is 4.90 Å². The third kappa shape index (κ3) is 3.31. The first-order chi connectivity index (χ1) is 17.1. The second-order valence-electron chi connectivity index (χ2n) is 12.8. The van der Waals surface area contributed by atoms with Gasteiger partial charge in [0.1, 0.15) is 18.4 Å². The standard InChI is InChI=1S/C29H42FNO5/c1-17(2)24-8-21-9-27(15-32)23-7-6-19(4)22(23)10-28(21,29(24,27)26(33)34)16-35-25-14-31(12-18(3)11-30)13-20(5)36-25/h8,15,17,19-23,25H,3,6-7,9-14,16H2,1-2,4-5H3,(H,33,34)/t19-,20-,21+,22-,23-,25-,27-,28+,29+/m1/s1. The lowest BCUT2D eigenvalue weighted by Gasteiger charge is -2.58. The van der Waals surface area contributed by atoms with E-state index in [-0.39, 0.29) is 30.5 Å². The van der Waals surface area contributed by atoms with Gasteiger partial charge in [0, 0.05) is 25.0 Å². The number of allylic oxidation sites excluding steroid dienone is 1. The van der Waals surface area contributed by atoms with Gasteiger partial charge < -0.3 is 19.4 Å². The maximum atomic E-state index is 13.5. The second kappa shape index (κ2) is 9.02. The highest BCUT2D eigenvalue weighted by Crippen LogP contribution is 2.82. The van der Waals surface area contributed by atoms with Gasteiger partial charge in [0.05, 0.1) is 18.1 Å². The number of morpholine rings is 1. The number of alkyl halides is 1. The topological polar surface area (TPSA) is 76.1 Å². The Labute approximate surface area is 214 Å². The average Bonchev–Trinajstić information content (AvgIpc) is 3.39. The van der Waals surface area contributed by atoms with Gasteiger partial charge in [0.15, 0.2) is 6.29 Å². The highest BCUT2D eigenvalue weighted by Gasteiger charge is 2.84. The molecule has 5 rings (SSSR count). The number of halogens is 1. The van der Waals surface area contributed by atoms with Crippen molar-refractivity contribution < 1.29 is 28.6 Å². The first kappa shape index (κ1) is 26.1. The average molecular weight is 504 g/mol. The summed E-state index contributed by atoms with van der Waals surface area (Å²) >= 11 is 0. The van der Waals surface area contributed by atoms with Crippen LogP contribution in [0.2, 0.25) is 0 Å². The number of rotatable bonds is 9. The first-order valence-electron chi connectivity index (χ1n) is 13.7. The van der Waals surface area contributed by atoms with Gasteiger partial charge >= 0.3 is 5.97 Å². The fraction of sp³-hybridized carbons (Fsp3) is 0.793. The van der Waals surface area contributed by atoms with Crippen LogP contribution in [0.1, 0.15) is 53.4 Å². The molecule has 6 nitrogen and oxygen atoms in total. The predicted octanol–water partition coefficient (Wildman–Crippen LogP) is 4.50. The van der Waals surface area contributed by atoms with Gasteiger partial charge in [-0.15, -0.1) is 0 Å². The summed E-state index contributed by atoms with van der Waals surface area (Å²) in [5.74, 6) is 0.0654. The zero-order valence-corrected chi connectivity index (χ0v) is 22.2. The van der Waals surface area contributed by atoms with E-state index in [9.17, 15) is 19.1 Å². The van der Waals surface area contributed by atoms with Crippen molar-refractivity contribution in [1.29, 1.82) is 0 Å². The molecular formula is C29H42FNO5. The van der Waals surface area contributed by atoms with Gasteiger partial charge in [-0.2, -0.15) is 0 Å². The van der Waals surface area contributed by atoms with Crippen LogP contribution in [0.5, 0.6) is 0 Å². The van der Waals surface area contributed by atoms with E-state index in [1.807, 2.05) is 6.92 Å². The molecule has 0 aromatic rings. The number of nitrogens with zero attached hydrogens (tertiary/aromatic N) is 1. The quantitative estimate of drug-likeness (QED) is 0.369. The zero-order valence-electron chi connectivity index (χ0n) is 22.2. The number of hydrogen-bond donors (Lipinski definition) is 1. The van der Waals surface area contributed by atoms with Crippen molar-refractivity contribution in [2.75, 3.05) is 32.9 Å². The fourth-order valence-electron chi connectivity index (χ4n) is 9.45. The van der Waals surface area contributed by atoms with Crippen molar-refractivity contribution in [3.05, 3.63) is 23.8 Å². The summed E-state index contributed by atoms with van der Waals surface area (Å²) in [6.07, 6.45) is 5.94. The van der Waals surface area contributed by atoms with Gasteiger partial charge in [-0.1, -0.05) is 45.4 Å². The van der Waals surface area contributed by atoms with E-state index in [1.54, 1.807) is 0 Å². The molecule has 0 unspecified atom stereocenters. The largest absolute Gasteiger partial charge is 0.481 e. The molecule has 0 amide bonds. The minimum Gasteiger partial charge on any atom is -0.481 e. The van der Waals surface area contributed by atoms with Crippen molar-refractivity contribution >= 4 is 12.3 Å². The summed E-state index contributed by atoms with van der Waals surface area (Å²) in [6, 6.07) is 0. The molecule has 3 saturated carbocycles. The molecule has 4 aliphatic carbocycles. The number of carboxylic acids is 1. The van der Waals surface area contributed by atoms with Crippen LogP contribution in [0.25, 0.3) is 0 Å². The fourth-order valence-corrected chi connectivity index (χ4v) is 9.45. The Bertz CT molecular complexity index is 965. The molecule has 9 atom stereocenters. The van der Waals surface area contributed by atoms with E-state index in [0.29, 0.717) is 43.5 Å². The number of carbonyl (C=O) groups excluding carboxylic acids is 1. The van der Waals surface area contributed by atoms with Crippen LogP contribution in [-0.4, -0.2) is 67.6 Å². The molecule has 1 saturated heterocycles. The summed E-state index contributed by atoms with van der Waals surface area (Å²) in [6.45, 7) is 13.4. The second-order valence-corrected chi connectivity index (χ2v) is 12.8. The van der Waals surface area contributed by atoms with Crippen molar-refractivity contribution in [3.8, 4) is 0 Å². The Morgan fingerprint density at radius 3 is 2.72 bits per heavy atom. The minimum absolute atomic E-state index is 0.00238. The lowest BCUT2D eigenvalue weighted by Crippen LogP contribution is -2.64. The van der Waals surface area contributed by atoms with Crippen molar-refractivity contribution in [2.45, 2.75) is 65.8 Å². The number of fused-ring (bicyclic) bond motifs is 2. The zero-order chi connectivity index (χ0) is 26.0. The molecule has 0 radical (unpaired) electrons. The molecule has 5 aliphatic rings. The Balaban J connectivity index is 1.51. The van der Waals surface area contributed by atoms with E-state index >= 15 is 0 Å². The number of aldehydes is 1. The Morgan fingerprint density at radius 1 is 1.33 bits per heavy atom. The molecule has 0 aromatic heterocycles. The molecule has 1 N–H and O–H groups in total. The lowest BCUT2D eigenvalue weighted by atomic mass is 9.43. The molecule has 200 valence electrons. The third-order valence-electron chi connectivity index (χ3n) is 10.6. The van der Waals surface area contributed by atoms with E-state index in [2.05, 4.69) is 38.3 Å². The first-order valence-corrected chi connectivity index (χ1v) is 13.7. The molecule has 7 heteroatoms. The summed E-state index contributed by atoms with van der Waals surface area (Å²) < 4.78 is 25.7. The van der Waals surface area contributed by atoms with Crippen LogP contribution in [0.4, 0.5) is 4.39 Å². The van der Waals surface area contributed by atoms with Gasteiger partial charge in [0.25, 0.3) is 0 Å². The van der Waals surface area contributed by atoms with Crippen molar-refractivity contribution in [2.24, 2.45) is 45.8 Å². The monoisotopic (exact) mass is 503 g/mol. The maximum Gasteiger partial charge on any atom is 0.315 e. The Morgan fingerprint density at radius 2 is 2.08 bits per heavy atom. The van der Waals surface area contributed by atoms with Crippen LogP contribution in [-0.2, 0) is 19.1 Å². The smallest absolute Gasteiger partial charge is 0.315 e. The van der Waals surface area contributed by atoms with E-state index in [1.165, 1.54) is 0 Å². The normalized spacial score (nSPS) is 45.6. The predicted molar refractivity (Wildman–Crippen MR) is 134 cm³/mol. The molecule has 0 spiro atoms. The molecule has 0 aromatic carbocycles. The van der Waals surface area contributed by atoms with E-state index < -0.39 is 35.2 Å². The molecule has 1 heterocycles. The number of carbonyl (C=O) groups is 2. The van der Waals surface area contributed by atoms with Gasteiger partial charge in [-0.25, -0.2) is 4.39 Å². The van der Waals surface area contributed by atoms with Crippen LogP contribution in [0, 0.1) is 45.8 Å².